The van der Waals surface area contributed by atoms with Gasteiger partial charge in [0.05, 0.1) is 17.0 Å². The second-order valence-corrected chi connectivity index (χ2v) is 8.21. The van der Waals surface area contributed by atoms with Crippen LogP contribution in [0.2, 0.25) is 0 Å². The van der Waals surface area contributed by atoms with E-state index in [2.05, 4.69) is 15.6 Å². The molecule has 3 rings (SSSR count). The molecule has 0 radical (unpaired) electrons. The second kappa shape index (κ2) is 10.1. The van der Waals surface area contributed by atoms with Crippen LogP contribution in [0.25, 0.3) is 0 Å². The number of carbonyl (C=O) groups excluding carboxylic acids is 2. The number of nitrogens with zero attached hydrogens (tertiary/aromatic N) is 1. The molecule has 0 aliphatic heterocycles. The first-order valence-corrected chi connectivity index (χ1v) is 10.7. The van der Waals surface area contributed by atoms with Crippen molar-refractivity contribution < 1.29 is 9.59 Å². The van der Waals surface area contributed by atoms with Gasteiger partial charge >= 0.3 is 0 Å². The van der Waals surface area contributed by atoms with Gasteiger partial charge in [0.15, 0.2) is 4.34 Å². The largest absolute Gasteiger partial charge is 0.352 e. The summed E-state index contributed by atoms with van der Waals surface area (Å²) in [6.07, 6.45) is 0.755. The summed E-state index contributed by atoms with van der Waals surface area (Å²) < 4.78 is 0.861. The molecule has 0 fully saturated rings. The van der Waals surface area contributed by atoms with E-state index in [1.165, 1.54) is 28.7 Å². The highest BCUT2D eigenvalue weighted by Gasteiger charge is 2.13. The predicted octanol–water partition coefficient (Wildman–Crippen LogP) is 4.15. The Morgan fingerprint density at radius 2 is 1.82 bits per heavy atom. The van der Waals surface area contributed by atoms with Gasteiger partial charge in [0.2, 0.25) is 5.91 Å². The van der Waals surface area contributed by atoms with Crippen molar-refractivity contribution in [3.8, 4) is 0 Å². The van der Waals surface area contributed by atoms with Crippen molar-refractivity contribution in [2.75, 3.05) is 17.6 Å². The van der Waals surface area contributed by atoms with Gasteiger partial charge in [-0.3, -0.25) is 9.59 Å². The van der Waals surface area contributed by atoms with Crippen molar-refractivity contribution in [3.63, 3.8) is 0 Å². The minimum atomic E-state index is -0.199. The maximum absolute atomic E-state index is 12.5. The first-order valence-electron chi connectivity index (χ1n) is 8.88. The summed E-state index contributed by atoms with van der Waals surface area (Å²) in [5.41, 5.74) is 3.09. The van der Waals surface area contributed by atoms with Crippen LogP contribution in [0.4, 0.5) is 5.69 Å². The number of rotatable bonds is 8. The molecule has 0 unspecified atom stereocenters. The number of amides is 2. The maximum atomic E-state index is 12.5. The first-order chi connectivity index (χ1) is 13.6. The number of nitrogens with one attached hydrogen (secondary N) is 2. The molecule has 1 heterocycles. The fourth-order valence-electron chi connectivity index (χ4n) is 2.56. The van der Waals surface area contributed by atoms with E-state index in [4.69, 9.17) is 0 Å². The van der Waals surface area contributed by atoms with E-state index < -0.39 is 0 Å². The highest BCUT2D eigenvalue weighted by molar-refractivity contribution is 8.01. The Labute approximate surface area is 172 Å². The first kappa shape index (κ1) is 20.1. The molecular weight excluding hydrogens is 390 g/mol. The van der Waals surface area contributed by atoms with Crippen LogP contribution in [0.3, 0.4) is 0 Å². The molecule has 0 bridgehead atoms. The Kier molecular flexibility index (Phi) is 7.22. The van der Waals surface area contributed by atoms with Crippen molar-refractivity contribution in [1.29, 1.82) is 0 Å². The highest BCUT2D eigenvalue weighted by atomic mass is 32.2. The van der Waals surface area contributed by atoms with E-state index in [-0.39, 0.29) is 17.6 Å². The molecule has 7 heteroatoms. The summed E-state index contributed by atoms with van der Waals surface area (Å²) in [5.74, 6) is -0.117. The van der Waals surface area contributed by atoms with Gasteiger partial charge in [0, 0.05) is 17.6 Å². The van der Waals surface area contributed by atoms with Crippen LogP contribution in [-0.4, -0.2) is 29.1 Å². The van der Waals surface area contributed by atoms with E-state index in [9.17, 15) is 9.59 Å². The molecule has 144 valence electrons. The molecule has 1 aromatic heterocycles. The van der Waals surface area contributed by atoms with Crippen LogP contribution < -0.4 is 10.6 Å². The van der Waals surface area contributed by atoms with Crippen molar-refractivity contribution in [2.45, 2.75) is 17.7 Å². The lowest BCUT2D eigenvalue weighted by atomic mass is 10.1. The number of hydrogen-bond acceptors (Lipinski definition) is 5. The third-order valence-corrected chi connectivity index (χ3v) is 6.05. The molecule has 3 aromatic rings. The molecule has 5 nitrogen and oxygen atoms in total. The number of thiazole rings is 1. The number of aryl methyl sites for hydroxylation is 1. The van der Waals surface area contributed by atoms with E-state index in [1.54, 1.807) is 24.3 Å². The zero-order chi connectivity index (χ0) is 19.8. The highest BCUT2D eigenvalue weighted by Crippen LogP contribution is 2.23. The van der Waals surface area contributed by atoms with Gasteiger partial charge in [0.25, 0.3) is 5.91 Å². The van der Waals surface area contributed by atoms with Crippen LogP contribution in [-0.2, 0) is 11.2 Å². The maximum Gasteiger partial charge on any atom is 0.253 e. The molecule has 28 heavy (non-hydrogen) atoms. The topological polar surface area (TPSA) is 71.1 Å². The molecule has 0 aliphatic carbocycles. The number of carbonyl (C=O) groups is 2. The van der Waals surface area contributed by atoms with Crippen LogP contribution in [0, 0.1) is 6.92 Å². The average Bonchev–Trinajstić information content (AvgIpc) is 3.13. The van der Waals surface area contributed by atoms with Crippen LogP contribution in [0.1, 0.15) is 21.6 Å². The molecule has 0 aliphatic rings. The molecule has 0 saturated heterocycles. The van der Waals surface area contributed by atoms with Crippen LogP contribution in [0.5, 0.6) is 0 Å². The van der Waals surface area contributed by atoms with Gasteiger partial charge in [-0.05, 0) is 31.0 Å². The second-order valence-electron chi connectivity index (χ2n) is 6.13. The number of para-hydroxylation sites is 1. The minimum absolute atomic E-state index is 0.164. The summed E-state index contributed by atoms with van der Waals surface area (Å²) in [4.78, 5) is 29.2. The summed E-state index contributed by atoms with van der Waals surface area (Å²) in [5, 5.41) is 7.70. The fourth-order valence-corrected chi connectivity index (χ4v) is 4.21. The lowest BCUT2D eigenvalue weighted by molar-refractivity contribution is -0.113. The Balaban J connectivity index is 1.54. The molecule has 2 aromatic carbocycles. The van der Waals surface area contributed by atoms with Crippen LogP contribution in [0.15, 0.2) is 64.3 Å². The monoisotopic (exact) mass is 411 g/mol. The predicted molar refractivity (Wildman–Crippen MR) is 115 cm³/mol. The summed E-state index contributed by atoms with van der Waals surface area (Å²) >= 11 is 2.91. The molecule has 2 N–H and O–H groups in total. The Bertz CT molecular complexity index is 942. The number of benzene rings is 2. The van der Waals surface area contributed by atoms with Crippen molar-refractivity contribution in [1.82, 2.24) is 10.3 Å². The quantitative estimate of drug-likeness (QED) is 0.546. The number of aromatic nitrogens is 1. The van der Waals surface area contributed by atoms with Crippen molar-refractivity contribution in [3.05, 3.63) is 76.8 Å². The Morgan fingerprint density at radius 3 is 2.57 bits per heavy atom. The van der Waals surface area contributed by atoms with Crippen molar-refractivity contribution in [2.24, 2.45) is 0 Å². The summed E-state index contributed by atoms with van der Waals surface area (Å²) in [7, 11) is 0. The Hall–Kier alpha value is -2.64. The Morgan fingerprint density at radius 1 is 1.07 bits per heavy atom. The summed E-state index contributed by atoms with van der Waals surface area (Å²) in [6.45, 7) is 2.46. The van der Waals surface area contributed by atoms with Gasteiger partial charge in [-0.15, -0.1) is 11.3 Å². The standard InChI is InChI=1S/C21H21N3O2S2/c1-15-13-27-21(23-15)28-14-19(25)24-18-10-6-5-9-17(18)20(26)22-12-11-16-7-3-2-4-8-16/h2-10,13H,11-12,14H2,1H3,(H,22,26)(H,24,25). The van der Waals surface area contributed by atoms with Gasteiger partial charge in [-0.25, -0.2) is 4.98 Å². The zero-order valence-electron chi connectivity index (χ0n) is 15.5. The number of hydrogen-bond donors (Lipinski definition) is 2. The van der Waals surface area contributed by atoms with E-state index in [1.807, 2.05) is 42.6 Å². The lowest BCUT2D eigenvalue weighted by Crippen LogP contribution is -2.27. The van der Waals surface area contributed by atoms with Crippen LogP contribution >= 0.6 is 23.1 Å². The minimum Gasteiger partial charge on any atom is -0.352 e. The van der Waals surface area contributed by atoms with Gasteiger partial charge in [0.1, 0.15) is 0 Å². The lowest BCUT2D eigenvalue weighted by Gasteiger charge is -2.11. The van der Waals surface area contributed by atoms with E-state index >= 15 is 0 Å². The molecular formula is C21H21N3O2S2. The third kappa shape index (κ3) is 5.94. The van der Waals surface area contributed by atoms with E-state index in [0.717, 1.165) is 16.5 Å². The third-order valence-electron chi connectivity index (χ3n) is 3.91. The molecule has 0 atom stereocenters. The molecule has 0 spiro atoms. The normalized spacial score (nSPS) is 10.5. The zero-order valence-corrected chi connectivity index (χ0v) is 17.1. The molecule has 0 saturated carbocycles. The SMILES string of the molecule is Cc1csc(SCC(=O)Nc2ccccc2C(=O)NCCc2ccccc2)n1. The molecule has 2 amide bonds. The smallest absolute Gasteiger partial charge is 0.253 e. The average molecular weight is 412 g/mol. The fraction of sp³-hybridized carbons (Fsp3) is 0.190. The van der Waals surface area contributed by atoms with Gasteiger partial charge in [-0.1, -0.05) is 54.2 Å². The summed E-state index contributed by atoms with van der Waals surface area (Å²) in [6, 6.07) is 17.0. The van der Waals surface area contributed by atoms with Gasteiger partial charge in [-0.2, -0.15) is 0 Å². The number of anilines is 1. The van der Waals surface area contributed by atoms with E-state index in [0.29, 0.717) is 17.8 Å². The van der Waals surface area contributed by atoms with Crippen molar-refractivity contribution >= 4 is 40.6 Å². The number of thioether (sulfide) groups is 1. The van der Waals surface area contributed by atoms with Gasteiger partial charge < -0.3 is 10.6 Å².